The summed E-state index contributed by atoms with van der Waals surface area (Å²) in [7, 11) is -4.15. The van der Waals surface area contributed by atoms with Gasteiger partial charge in [-0.3, -0.25) is 4.31 Å². The summed E-state index contributed by atoms with van der Waals surface area (Å²) in [6, 6.07) is 8.07. The van der Waals surface area contributed by atoms with Gasteiger partial charge in [0.15, 0.2) is 0 Å². The highest BCUT2D eigenvalue weighted by molar-refractivity contribution is 7.92. The van der Waals surface area contributed by atoms with Crippen LogP contribution in [-0.4, -0.2) is 20.1 Å². The second-order valence-corrected chi connectivity index (χ2v) is 7.38. The molecule has 1 aliphatic rings. The van der Waals surface area contributed by atoms with E-state index >= 15 is 0 Å². The Morgan fingerprint density at radius 1 is 1.08 bits per heavy atom. The molecule has 1 heterocycles. The van der Waals surface area contributed by atoms with Crippen LogP contribution < -0.4 is 4.31 Å². The normalized spacial score (nSPS) is 15.2. The van der Waals surface area contributed by atoms with Crippen molar-refractivity contribution in [3.8, 4) is 5.75 Å². The summed E-state index contributed by atoms with van der Waals surface area (Å²) >= 11 is 0. The van der Waals surface area contributed by atoms with E-state index in [9.17, 15) is 26.7 Å². The molecule has 0 bridgehead atoms. The first-order chi connectivity index (χ1) is 11.2. The summed E-state index contributed by atoms with van der Waals surface area (Å²) in [5.74, 6) is -0.0973. The van der Waals surface area contributed by atoms with Crippen molar-refractivity contribution in [1.29, 1.82) is 0 Å². The van der Waals surface area contributed by atoms with Gasteiger partial charge >= 0.3 is 6.18 Å². The summed E-state index contributed by atoms with van der Waals surface area (Å²) in [5.41, 5.74) is 0.0185. The summed E-state index contributed by atoms with van der Waals surface area (Å²) in [6.07, 6.45) is -3.43. The highest BCUT2D eigenvalue weighted by Gasteiger charge is 2.34. The van der Waals surface area contributed by atoms with Crippen LogP contribution in [0.25, 0.3) is 0 Å². The number of phenols is 1. The van der Waals surface area contributed by atoms with E-state index in [1.165, 1.54) is 12.1 Å². The third kappa shape index (κ3) is 2.93. The number of anilines is 1. The average molecular weight is 357 g/mol. The van der Waals surface area contributed by atoms with E-state index in [2.05, 4.69) is 0 Å². The number of phenolic OH excluding ortho intramolecular Hbond substituents is 1. The molecule has 3 rings (SSSR count). The maximum absolute atomic E-state index is 12.8. The Kier molecular flexibility index (Phi) is 3.95. The van der Waals surface area contributed by atoms with Crippen LogP contribution in [0.2, 0.25) is 0 Å². The van der Waals surface area contributed by atoms with Gasteiger partial charge in [0.2, 0.25) is 0 Å². The molecular formula is C16H14F3NO3S. The van der Waals surface area contributed by atoms with Gasteiger partial charge < -0.3 is 5.11 Å². The number of fused-ring (bicyclic) bond motifs is 1. The number of alkyl halides is 3. The molecule has 0 aliphatic carbocycles. The van der Waals surface area contributed by atoms with Gasteiger partial charge in [-0.15, -0.1) is 0 Å². The summed E-state index contributed by atoms with van der Waals surface area (Å²) in [5, 5.41) is 9.62. The molecule has 0 unspecified atom stereocenters. The fraction of sp³-hybridized carbons (Fsp3) is 0.250. The zero-order valence-electron chi connectivity index (χ0n) is 12.4. The lowest BCUT2D eigenvalue weighted by atomic mass is 10.0. The van der Waals surface area contributed by atoms with Crippen molar-refractivity contribution in [2.24, 2.45) is 0 Å². The summed E-state index contributed by atoms with van der Waals surface area (Å²) in [6.45, 7) is 0.148. The maximum Gasteiger partial charge on any atom is 0.416 e. The maximum atomic E-state index is 12.8. The molecule has 4 nitrogen and oxygen atoms in total. The minimum atomic E-state index is -4.62. The van der Waals surface area contributed by atoms with Gasteiger partial charge in [-0.2, -0.15) is 13.2 Å². The molecule has 0 atom stereocenters. The van der Waals surface area contributed by atoms with Gasteiger partial charge in [0.25, 0.3) is 10.0 Å². The first kappa shape index (κ1) is 16.6. The zero-order valence-corrected chi connectivity index (χ0v) is 13.2. The van der Waals surface area contributed by atoms with Crippen molar-refractivity contribution in [2.45, 2.75) is 23.9 Å². The molecule has 8 heteroatoms. The van der Waals surface area contributed by atoms with Crippen LogP contribution in [0.5, 0.6) is 5.75 Å². The van der Waals surface area contributed by atoms with Crippen LogP contribution in [0.1, 0.15) is 17.5 Å². The second kappa shape index (κ2) is 5.70. The highest BCUT2D eigenvalue weighted by Crippen LogP contribution is 2.36. The number of hydrogen-bond acceptors (Lipinski definition) is 3. The van der Waals surface area contributed by atoms with E-state index in [0.717, 1.165) is 28.1 Å². The monoisotopic (exact) mass is 357 g/mol. The van der Waals surface area contributed by atoms with Gasteiger partial charge in [0, 0.05) is 12.6 Å². The number of nitrogens with zero attached hydrogens (tertiary/aromatic N) is 1. The van der Waals surface area contributed by atoms with E-state index in [4.69, 9.17) is 0 Å². The number of aryl methyl sites for hydroxylation is 1. The quantitative estimate of drug-likeness (QED) is 0.894. The van der Waals surface area contributed by atoms with Crippen molar-refractivity contribution < 1.29 is 26.7 Å². The molecule has 0 saturated carbocycles. The van der Waals surface area contributed by atoms with Crippen LogP contribution in [0, 0.1) is 0 Å². The molecule has 0 amide bonds. The van der Waals surface area contributed by atoms with E-state index < -0.39 is 26.7 Å². The lowest BCUT2D eigenvalue weighted by Gasteiger charge is -2.30. The standard InChI is InChI=1S/C16H14F3NO3S/c17-16(18,19)12-4-1-5-14(9-12)24(22,23)20-8-2-3-11-6-7-13(21)10-15(11)20/h1,4-7,9-10,21H,2-3,8H2. The predicted molar refractivity (Wildman–Crippen MR) is 82.4 cm³/mol. The van der Waals surface area contributed by atoms with Crippen LogP contribution >= 0.6 is 0 Å². The second-order valence-electron chi connectivity index (χ2n) is 5.52. The number of hydrogen-bond donors (Lipinski definition) is 1. The average Bonchev–Trinajstić information content (AvgIpc) is 2.53. The van der Waals surface area contributed by atoms with Crippen LogP contribution in [0.3, 0.4) is 0 Å². The van der Waals surface area contributed by atoms with Crippen molar-refractivity contribution in [1.82, 2.24) is 0 Å². The van der Waals surface area contributed by atoms with Gasteiger partial charge in [0.1, 0.15) is 5.75 Å². The number of sulfonamides is 1. The molecule has 1 aliphatic heterocycles. The Hall–Kier alpha value is -2.22. The summed E-state index contributed by atoms with van der Waals surface area (Å²) in [4.78, 5) is -0.423. The number of halogens is 3. The molecular weight excluding hydrogens is 343 g/mol. The minimum absolute atomic E-state index is 0.0973. The topological polar surface area (TPSA) is 57.6 Å². The SMILES string of the molecule is O=S(=O)(c1cccc(C(F)(F)F)c1)N1CCCc2ccc(O)cc21. The lowest BCUT2D eigenvalue weighted by Crippen LogP contribution is -2.35. The van der Waals surface area contributed by atoms with Crippen molar-refractivity contribution >= 4 is 15.7 Å². The molecule has 24 heavy (non-hydrogen) atoms. The highest BCUT2D eigenvalue weighted by atomic mass is 32.2. The number of rotatable bonds is 2. The van der Waals surface area contributed by atoms with Gasteiger partial charge in [0.05, 0.1) is 16.1 Å². The first-order valence-electron chi connectivity index (χ1n) is 7.21. The Bertz CT molecular complexity index is 878. The molecule has 2 aromatic rings. The van der Waals surface area contributed by atoms with E-state index in [1.807, 2.05) is 0 Å². The number of benzene rings is 2. The first-order valence-corrected chi connectivity index (χ1v) is 8.65. The third-order valence-electron chi connectivity index (χ3n) is 3.89. The van der Waals surface area contributed by atoms with E-state index in [-0.39, 0.29) is 12.3 Å². The molecule has 0 aromatic heterocycles. The fourth-order valence-electron chi connectivity index (χ4n) is 2.74. The molecule has 0 fully saturated rings. The summed E-state index contributed by atoms with van der Waals surface area (Å²) < 4.78 is 65.2. The van der Waals surface area contributed by atoms with Crippen molar-refractivity contribution in [2.75, 3.05) is 10.8 Å². The predicted octanol–water partition coefficient (Wildman–Crippen LogP) is 3.55. The van der Waals surface area contributed by atoms with Crippen LogP contribution in [0.15, 0.2) is 47.4 Å². The molecule has 0 spiro atoms. The van der Waals surface area contributed by atoms with Gasteiger partial charge in [-0.1, -0.05) is 12.1 Å². The molecule has 128 valence electrons. The lowest BCUT2D eigenvalue weighted by molar-refractivity contribution is -0.137. The Labute approximate surface area is 137 Å². The Balaban J connectivity index is 2.09. The Morgan fingerprint density at radius 3 is 2.54 bits per heavy atom. The van der Waals surface area contributed by atoms with Crippen LogP contribution in [-0.2, 0) is 22.6 Å². The van der Waals surface area contributed by atoms with Gasteiger partial charge in [-0.05, 0) is 42.7 Å². The van der Waals surface area contributed by atoms with E-state index in [1.54, 1.807) is 6.07 Å². The zero-order chi connectivity index (χ0) is 17.5. The van der Waals surface area contributed by atoms with Crippen molar-refractivity contribution in [3.05, 3.63) is 53.6 Å². The van der Waals surface area contributed by atoms with Gasteiger partial charge in [-0.25, -0.2) is 8.42 Å². The minimum Gasteiger partial charge on any atom is -0.508 e. The molecule has 2 aromatic carbocycles. The smallest absolute Gasteiger partial charge is 0.416 e. The van der Waals surface area contributed by atoms with Crippen LogP contribution in [0.4, 0.5) is 18.9 Å². The van der Waals surface area contributed by atoms with E-state index in [0.29, 0.717) is 24.6 Å². The largest absolute Gasteiger partial charge is 0.508 e. The molecule has 1 N–H and O–H groups in total. The molecule has 0 saturated heterocycles. The van der Waals surface area contributed by atoms with Crippen molar-refractivity contribution in [3.63, 3.8) is 0 Å². The third-order valence-corrected chi connectivity index (χ3v) is 5.70. The molecule has 0 radical (unpaired) electrons. The Morgan fingerprint density at radius 2 is 1.83 bits per heavy atom. The fourth-order valence-corrected chi connectivity index (χ4v) is 4.32. The number of aromatic hydroxyl groups is 1.